The number of amides is 2. The highest BCUT2D eigenvalue weighted by molar-refractivity contribution is 7.13. The molecule has 0 aliphatic heterocycles. The molecule has 10 heteroatoms. The van der Waals surface area contributed by atoms with Crippen LogP contribution in [0.2, 0.25) is 0 Å². The molecular formula is C17H12F3N3O3S. The number of hydrogen-bond acceptors (Lipinski definition) is 5. The average Bonchev–Trinajstić information content (AvgIpc) is 3.26. The molecule has 140 valence electrons. The highest BCUT2D eigenvalue weighted by Gasteiger charge is 2.31. The van der Waals surface area contributed by atoms with Crippen LogP contribution in [0.1, 0.15) is 23.0 Å². The lowest BCUT2D eigenvalue weighted by molar-refractivity contribution is -0.137. The molecule has 0 spiro atoms. The summed E-state index contributed by atoms with van der Waals surface area (Å²) in [6, 6.07) is 5.98. The van der Waals surface area contributed by atoms with Gasteiger partial charge in [-0.15, -0.1) is 11.3 Å². The van der Waals surface area contributed by atoms with Gasteiger partial charge in [-0.3, -0.25) is 9.59 Å². The van der Waals surface area contributed by atoms with E-state index in [0.29, 0.717) is 10.8 Å². The molecule has 0 aliphatic carbocycles. The quantitative estimate of drug-likeness (QED) is 0.674. The van der Waals surface area contributed by atoms with Crippen LogP contribution in [0.4, 0.5) is 24.5 Å². The van der Waals surface area contributed by atoms with E-state index in [-0.39, 0.29) is 17.1 Å². The van der Waals surface area contributed by atoms with Gasteiger partial charge in [-0.05, 0) is 30.3 Å². The van der Waals surface area contributed by atoms with Crippen LogP contribution >= 0.6 is 11.3 Å². The topological polar surface area (TPSA) is 84.2 Å². The molecule has 0 unspecified atom stereocenters. The molecule has 0 saturated heterocycles. The third kappa shape index (κ3) is 4.34. The van der Waals surface area contributed by atoms with Crippen LogP contribution in [0, 0.1) is 0 Å². The van der Waals surface area contributed by atoms with Crippen LogP contribution in [-0.2, 0) is 11.0 Å². The minimum Gasteiger partial charge on any atom is -0.462 e. The second-order valence-corrected chi connectivity index (χ2v) is 6.27. The van der Waals surface area contributed by atoms with Crippen molar-refractivity contribution in [2.45, 2.75) is 13.1 Å². The summed E-state index contributed by atoms with van der Waals surface area (Å²) >= 11 is 1.15. The van der Waals surface area contributed by atoms with E-state index < -0.39 is 23.6 Å². The Hall–Kier alpha value is -3.14. The molecule has 6 nitrogen and oxygen atoms in total. The van der Waals surface area contributed by atoms with Crippen molar-refractivity contribution in [3.05, 3.63) is 53.2 Å². The fourth-order valence-corrected chi connectivity index (χ4v) is 2.97. The number of nitrogens with one attached hydrogen (secondary N) is 2. The van der Waals surface area contributed by atoms with Crippen molar-refractivity contribution in [3.8, 4) is 10.8 Å². The molecule has 0 bridgehead atoms. The molecule has 3 aromatic rings. The Balaban J connectivity index is 1.88. The Morgan fingerprint density at radius 1 is 1.15 bits per heavy atom. The lowest BCUT2D eigenvalue weighted by Gasteiger charge is -2.14. The number of rotatable bonds is 4. The minimum absolute atomic E-state index is 0.0117. The maximum Gasteiger partial charge on any atom is 0.416 e. The van der Waals surface area contributed by atoms with Crippen LogP contribution in [0.15, 0.2) is 46.4 Å². The van der Waals surface area contributed by atoms with Crippen molar-refractivity contribution < 1.29 is 27.2 Å². The fraction of sp³-hybridized carbons (Fsp3) is 0.118. The summed E-state index contributed by atoms with van der Waals surface area (Å²) in [5.41, 5.74) is -1.08. The first kappa shape index (κ1) is 18.6. The second-order valence-electron chi connectivity index (χ2n) is 5.41. The lowest BCUT2D eigenvalue weighted by atomic mass is 10.1. The first-order chi connectivity index (χ1) is 12.7. The third-order valence-electron chi connectivity index (χ3n) is 3.37. The van der Waals surface area contributed by atoms with E-state index in [1.165, 1.54) is 18.6 Å². The molecule has 0 radical (unpaired) electrons. The first-order valence-corrected chi connectivity index (χ1v) is 8.41. The summed E-state index contributed by atoms with van der Waals surface area (Å²) in [6.07, 6.45) is -3.14. The molecular weight excluding hydrogens is 383 g/mol. The summed E-state index contributed by atoms with van der Waals surface area (Å²) < 4.78 is 44.1. The van der Waals surface area contributed by atoms with Gasteiger partial charge in [-0.25, -0.2) is 4.98 Å². The molecule has 3 rings (SSSR count). The monoisotopic (exact) mass is 395 g/mol. The number of thiazole rings is 1. The minimum atomic E-state index is -4.60. The van der Waals surface area contributed by atoms with Gasteiger partial charge in [0.2, 0.25) is 5.91 Å². The van der Waals surface area contributed by atoms with E-state index in [1.807, 2.05) is 0 Å². The van der Waals surface area contributed by atoms with Crippen molar-refractivity contribution in [1.29, 1.82) is 0 Å². The van der Waals surface area contributed by atoms with Gasteiger partial charge in [-0.2, -0.15) is 13.2 Å². The van der Waals surface area contributed by atoms with Crippen LogP contribution in [0.25, 0.3) is 10.8 Å². The molecule has 0 aliphatic rings. The number of benzene rings is 1. The molecule has 0 saturated carbocycles. The predicted molar refractivity (Wildman–Crippen MR) is 93.5 cm³/mol. The summed E-state index contributed by atoms with van der Waals surface area (Å²) in [7, 11) is 0. The van der Waals surface area contributed by atoms with Crippen molar-refractivity contribution in [3.63, 3.8) is 0 Å². The number of carbonyl (C=O) groups is 2. The number of carbonyl (C=O) groups excluding carboxylic acids is 2. The van der Waals surface area contributed by atoms with Crippen molar-refractivity contribution in [1.82, 2.24) is 4.98 Å². The summed E-state index contributed by atoms with van der Waals surface area (Å²) in [4.78, 5) is 27.8. The van der Waals surface area contributed by atoms with Gasteiger partial charge in [0.25, 0.3) is 5.91 Å². The Kier molecular flexibility index (Phi) is 5.00. The van der Waals surface area contributed by atoms with Gasteiger partial charge in [0, 0.05) is 12.3 Å². The van der Waals surface area contributed by atoms with Crippen molar-refractivity contribution >= 4 is 34.5 Å². The maximum absolute atomic E-state index is 13.0. The molecule has 2 N–H and O–H groups in total. The number of aromatic nitrogens is 1. The lowest BCUT2D eigenvalue weighted by Crippen LogP contribution is -2.16. The summed E-state index contributed by atoms with van der Waals surface area (Å²) in [5, 5.41) is 6.66. The number of hydrogen-bond donors (Lipinski definition) is 2. The molecule has 2 aromatic heterocycles. The average molecular weight is 395 g/mol. The van der Waals surface area contributed by atoms with E-state index in [1.54, 1.807) is 12.1 Å². The molecule has 0 atom stereocenters. The Morgan fingerprint density at radius 3 is 2.56 bits per heavy atom. The Morgan fingerprint density at radius 2 is 1.93 bits per heavy atom. The summed E-state index contributed by atoms with van der Waals surface area (Å²) in [5.74, 6) is -0.731. The van der Waals surface area contributed by atoms with Gasteiger partial charge in [0.1, 0.15) is 5.69 Å². The normalized spacial score (nSPS) is 11.3. The second kappa shape index (κ2) is 7.23. The number of nitrogens with zero attached hydrogens (tertiary/aromatic N) is 1. The van der Waals surface area contributed by atoms with Crippen LogP contribution < -0.4 is 10.6 Å². The van der Waals surface area contributed by atoms with Gasteiger partial charge >= 0.3 is 6.18 Å². The molecule has 2 amide bonds. The predicted octanol–water partition coefficient (Wildman–Crippen LogP) is 4.63. The highest BCUT2D eigenvalue weighted by atomic mass is 32.1. The molecule has 27 heavy (non-hydrogen) atoms. The van der Waals surface area contributed by atoms with E-state index in [2.05, 4.69) is 15.6 Å². The summed E-state index contributed by atoms with van der Waals surface area (Å²) in [6.45, 7) is 1.21. The SMILES string of the molecule is CC(=O)Nc1ccc(C(F)(F)F)cc1NC(=O)c1csc(-c2ccco2)n1. The smallest absolute Gasteiger partial charge is 0.416 e. The van der Waals surface area contributed by atoms with Crippen molar-refractivity contribution in [2.75, 3.05) is 10.6 Å². The third-order valence-corrected chi connectivity index (χ3v) is 4.23. The molecule has 2 heterocycles. The number of anilines is 2. The van der Waals surface area contributed by atoms with Crippen LogP contribution in [0.3, 0.4) is 0 Å². The van der Waals surface area contributed by atoms with Gasteiger partial charge in [0.15, 0.2) is 10.8 Å². The molecule has 1 aromatic carbocycles. The van der Waals surface area contributed by atoms with E-state index in [0.717, 1.165) is 29.5 Å². The zero-order valence-electron chi connectivity index (χ0n) is 13.8. The van der Waals surface area contributed by atoms with Gasteiger partial charge in [0.05, 0.1) is 23.2 Å². The maximum atomic E-state index is 13.0. The molecule has 0 fully saturated rings. The van der Waals surface area contributed by atoms with E-state index in [9.17, 15) is 22.8 Å². The Labute approximate surface area is 155 Å². The largest absolute Gasteiger partial charge is 0.462 e. The van der Waals surface area contributed by atoms with E-state index in [4.69, 9.17) is 4.42 Å². The van der Waals surface area contributed by atoms with Crippen molar-refractivity contribution in [2.24, 2.45) is 0 Å². The number of alkyl halides is 3. The zero-order chi connectivity index (χ0) is 19.6. The van der Waals surface area contributed by atoms with Crippen LogP contribution in [-0.4, -0.2) is 16.8 Å². The fourth-order valence-electron chi connectivity index (χ4n) is 2.20. The van der Waals surface area contributed by atoms with Gasteiger partial charge in [-0.1, -0.05) is 0 Å². The standard InChI is InChI=1S/C17H12F3N3O3S/c1-9(24)21-11-5-4-10(17(18,19)20)7-12(11)22-15(25)13-8-27-16(23-13)14-3-2-6-26-14/h2-8H,1H3,(H,21,24)(H,22,25). The number of furan rings is 1. The van der Waals surface area contributed by atoms with E-state index >= 15 is 0 Å². The highest BCUT2D eigenvalue weighted by Crippen LogP contribution is 2.34. The van der Waals surface area contributed by atoms with Crippen LogP contribution in [0.5, 0.6) is 0 Å². The zero-order valence-corrected chi connectivity index (χ0v) is 14.6. The Bertz CT molecular complexity index is 981. The first-order valence-electron chi connectivity index (χ1n) is 7.53. The number of halogens is 3. The van der Waals surface area contributed by atoms with Gasteiger partial charge < -0.3 is 15.1 Å².